The van der Waals surface area contributed by atoms with E-state index >= 15 is 0 Å². The average molecular weight is 285 g/mol. The number of carbonyl (C=O) groups is 1. The van der Waals surface area contributed by atoms with E-state index in [1.54, 1.807) is 18.2 Å². The van der Waals surface area contributed by atoms with Gasteiger partial charge in [0.2, 0.25) is 0 Å². The smallest absolute Gasteiger partial charge is 0.319 e. The fourth-order valence-corrected chi connectivity index (χ4v) is 2.00. The molecule has 1 rings (SSSR count). The number of anilines is 1. The molecule has 1 unspecified atom stereocenters. The molecular formula is C14H21ClN2O2. The summed E-state index contributed by atoms with van der Waals surface area (Å²) in [5, 5.41) is 15.7. The summed E-state index contributed by atoms with van der Waals surface area (Å²) < 4.78 is 0. The number of aryl methyl sites for hydroxylation is 1. The maximum Gasteiger partial charge on any atom is 0.319 e. The van der Waals surface area contributed by atoms with Crippen molar-refractivity contribution in [2.45, 2.75) is 33.3 Å². The maximum atomic E-state index is 11.7. The molecule has 2 amide bonds. The van der Waals surface area contributed by atoms with Gasteiger partial charge >= 0.3 is 6.03 Å². The topological polar surface area (TPSA) is 61.4 Å². The minimum absolute atomic E-state index is 0.247. The van der Waals surface area contributed by atoms with Gasteiger partial charge in [-0.05, 0) is 43.0 Å². The molecule has 0 bridgehead atoms. The highest BCUT2D eigenvalue weighted by Crippen LogP contribution is 2.19. The Bertz CT molecular complexity index is 435. The number of amides is 2. The lowest BCUT2D eigenvalue weighted by molar-refractivity contribution is 0.148. The van der Waals surface area contributed by atoms with Crippen molar-refractivity contribution in [3.63, 3.8) is 0 Å². The third kappa shape index (κ3) is 5.94. The molecule has 0 heterocycles. The summed E-state index contributed by atoms with van der Waals surface area (Å²) in [7, 11) is 0. The Labute approximate surface area is 119 Å². The van der Waals surface area contributed by atoms with E-state index in [4.69, 9.17) is 11.6 Å². The molecule has 0 radical (unpaired) electrons. The number of aliphatic hydroxyl groups excluding tert-OH is 1. The number of urea groups is 1. The van der Waals surface area contributed by atoms with Crippen molar-refractivity contribution >= 4 is 23.3 Å². The van der Waals surface area contributed by atoms with Crippen molar-refractivity contribution in [1.29, 1.82) is 0 Å². The Kier molecular flexibility index (Phi) is 6.12. The van der Waals surface area contributed by atoms with Crippen molar-refractivity contribution in [3.8, 4) is 0 Å². The molecule has 19 heavy (non-hydrogen) atoms. The van der Waals surface area contributed by atoms with Gasteiger partial charge in [-0.25, -0.2) is 4.79 Å². The summed E-state index contributed by atoms with van der Waals surface area (Å²) in [5.41, 5.74) is 1.60. The summed E-state index contributed by atoms with van der Waals surface area (Å²) in [6, 6.07) is 4.93. The zero-order chi connectivity index (χ0) is 14.4. The monoisotopic (exact) mass is 284 g/mol. The van der Waals surface area contributed by atoms with Crippen LogP contribution >= 0.6 is 11.6 Å². The molecule has 1 aromatic carbocycles. The van der Waals surface area contributed by atoms with Crippen LogP contribution in [0, 0.1) is 12.8 Å². The Morgan fingerprint density at radius 2 is 2.11 bits per heavy atom. The molecule has 0 aromatic heterocycles. The van der Waals surface area contributed by atoms with Gasteiger partial charge in [-0.2, -0.15) is 0 Å². The van der Waals surface area contributed by atoms with Crippen LogP contribution in [0.4, 0.5) is 10.5 Å². The van der Waals surface area contributed by atoms with Crippen molar-refractivity contribution in [3.05, 3.63) is 28.8 Å². The van der Waals surface area contributed by atoms with Crippen LogP contribution in [-0.4, -0.2) is 23.8 Å². The minimum Gasteiger partial charge on any atom is -0.391 e. The van der Waals surface area contributed by atoms with E-state index in [1.807, 2.05) is 20.8 Å². The molecule has 3 N–H and O–H groups in total. The zero-order valence-corrected chi connectivity index (χ0v) is 12.3. The number of hydrogen-bond donors (Lipinski definition) is 3. The van der Waals surface area contributed by atoms with Crippen LogP contribution in [0.2, 0.25) is 5.02 Å². The number of aliphatic hydroxyl groups is 1. The first-order valence-corrected chi connectivity index (χ1v) is 6.75. The molecule has 5 heteroatoms. The first-order valence-electron chi connectivity index (χ1n) is 6.37. The largest absolute Gasteiger partial charge is 0.391 e. The Morgan fingerprint density at radius 1 is 1.42 bits per heavy atom. The first kappa shape index (κ1) is 15.8. The second-order valence-corrected chi connectivity index (χ2v) is 5.51. The van der Waals surface area contributed by atoms with Crippen LogP contribution in [0.25, 0.3) is 0 Å². The number of rotatable bonds is 5. The van der Waals surface area contributed by atoms with E-state index in [0.29, 0.717) is 23.0 Å². The highest BCUT2D eigenvalue weighted by Gasteiger charge is 2.09. The molecule has 0 aliphatic carbocycles. The molecule has 1 aromatic rings. The Morgan fingerprint density at radius 3 is 2.68 bits per heavy atom. The highest BCUT2D eigenvalue weighted by molar-refractivity contribution is 6.30. The molecule has 106 valence electrons. The first-order chi connectivity index (χ1) is 8.88. The standard InChI is InChI=1S/C14H21ClN2O2/c1-9(2)6-12(18)8-16-14(19)17-13-5-4-11(15)7-10(13)3/h4-5,7,9,12,18H,6,8H2,1-3H3,(H2,16,17,19). The maximum absolute atomic E-state index is 11.7. The molecule has 0 aliphatic heterocycles. The number of hydrogen-bond acceptors (Lipinski definition) is 2. The van der Waals surface area contributed by atoms with Crippen LogP contribution < -0.4 is 10.6 Å². The quantitative estimate of drug-likeness (QED) is 0.778. The minimum atomic E-state index is -0.517. The fourth-order valence-electron chi connectivity index (χ4n) is 1.77. The van der Waals surface area contributed by atoms with Gasteiger partial charge in [0.25, 0.3) is 0 Å². The molecule has 0 fully saturated rings. The molecule has 0 saturated carbocycles. The van der Waals surface area contributed by atoms with Gasteiger partial charge in [0.05, 0.1) is 6.10 Å². The lowest BCUT2D eigenvalue weighted by Gasteiger charge is -2.15. The summed E-state index contributed by atoms with van der Waals surface area (Å²) >= 11 is 5.84. The predicted molar refractivity (Wildman–Crippen MR) is 78.7 cm³/mol. The van der Waals surface area contributed by atoms with Gasteiger partial charge < -0.3 is 15.7 Å². The van der Waals surface area contributed by atoms with E-state index < -0.39 is 6.10 Å². The van der Waals surface area contributed by atoms with Crippen molar-refractivity contribution < 1.29 is 9.90 Å². The number of nitrogens with one attached hydrogen (secondary N) is 2. The molecule has 0 aliphatic rings. The molecular weight excluding hydrogens is 264 g/mol. The lowest BCUT2D eigenvalue weighted by Crippen LogP contribution is -2.35. The molecule has 1 atom stereocenters. The van der Waals surface area contributed by atoms with E-state index in [1.165, 1.54) is 0 Å². The van der Waals surface area contributed by atoms with Gasteiger partial charge in [0.1, 0.15) is 0 Å². The van der Waals surface area contributed by atoms with Crippen LogP contribution in [0.15, 0.2) is 18.2 Å². The van der Waals surface area contributed by atoms with Crippen molar-refractivity contribution in [2.75, 3.05) is 11.9 Å². The third-order valence-electron chi connectivity index (χ3n) is 2.68. The summed E-state index contributed by atoms with van der Waals surface area (Å²) in [6.45, 7) is 6.17. The van der Waals surface area contributed by atoms with Crippen LogP contribution in [0.3, 0.4) is 0 Å². The van der Waals surface area contributed by atoms with Gasteiger partial charge in [-0.15, -0.1) is 0 Å². The fraction of sp³-hybridized carbons (Fsp3) is 0.500. The van der Waals surface area contributed by atoms with Crippen molar-refractivity contribution in [2.24, 2.45) is 5.92 Å². The van der Waals surface area contributed by atoms with Gasteiger partial charge in [-0.3, -0.25) is 0 Å². The second-order valence-electron chi connectivity index (χ2n) is 5.08. The lowest BCUT2D eigenvalue weighted by atomic mass is 10.1. The van der Waals surface area contributed by atoms with Gasteiger partial charge in [0, 0.05) is 17.3 Å². The number of carbonyl (C=O) groups excluding carboxylic acids is 1. The van der Waals surface area contributed by atoms with E-state index in [0.717, 1.165) is 5.56 Å². The average Bonchev–Trinajstić information content (AvgIpc) is 2.29. The van der Waals surface area contributed by atoms with Crippen molar-refractivity contribution in [1.82, 2.24) is 5.32 Å². The zero-order valence-electron chi connectivity index (χ0n) is 11.5. The van der Waals surface area contributed by atoms with E-state index in [2.05, 4.69) is 10.6 Å². The Hall–Kier alpha value is -1.26. The molecule has 4 nitrogen and oxygen atoms in total. The van der Waals surface area contributed by atoms with Crippen LogP contribution in [0.1, 0.15) is 25.8 Å². The Balaban J connectivity index is 2.43. The number of benzene rings is 1. The molecule has 0 saturated heterocycles. The second kappa shape index (κ2) is 7.36. The van der Waals surface area contributed by atoms with Gasteiger partial charge in [-0.1, -0.05) is 25.4 Å². The summed E-state index contributed by atoms with van der Waals surface area (Å²) in [4.78, 5) is 11.7. The SMILES string of the molecule is Cc1cc(Cl)ccc1NC(=O)NCC(O)CC(C)C. The molecule has 0 spiro atoms. The highest BCUT2D eigenvalue weighted by atomic mass is 35.5. The number of halogens is 1. The predicted octanol–water partition coefficient (Wildman–Crippen LogP) is 3.18. The summed E-state index contributed by atoms with van der Waals surface area (Å²) in [5.74, 6) is 0.401. The van der Waals surface area contributed by atoms with E-state index in [-0.39, 0.29) is 12.6 Å². The summed E-state index contributed by atoms with van der Waals surface area (Å²) in [6.07, 6.45) is 0.150. The van der Waals surface area contributed by atoms with Crippen LogP contribution in [-0.2, 0) is 0 Å². The van der Waals surface area contributed by atoms with Crippen LogP contribution in [0.5, 0.6) is 0 Å². The normalized spacial score (nSPS) is 12.3. The van der Waals surface area contributed by atoms with Gasteiger partial charge in [0.15, 0.2) is 0 Å². The van der Waals surface area contributed by atoms with E-state index in [9.17, 15) is 9.90 Å². The third-order valence-corrected chi connectivity index (χ3v) is 2.91.